The van der Waals surface area contributed by atoms with Gasteiger partial charge in [0, 0.05) is 25.5 Å². The molecule has 1 saturated heterocycles. The van der Waals surface area contributed by atoms with Crippen LogP contribution in [0.25, 0.3) is 5.57 Å². The van der Waals surface area contributed by atoms with Crippen LogP contribution in [0.2, 0.25) is 0 Å². The summed E-state index contributed by atoms with van der Waals surface area (Å²) in [5, 5.41) is 9.20. The largest absolute Gasteiger partial charge is 0.405 e. The quantitative estimate of drug-likeness (QED) is 0.792. The van der Waals surface area contributed by atoms with E-state index >= 15 is 0 Å². The number of hydrogen-bond donors (Lipinski definition) is 2. The molecule has 160 valence electrons. The second-order valence-electron chi connectivity index (χ2n) is 7.63. The van der Waals surface area contributed by atoms with Crippen molar-refractivity contribution in [2.75, 3.05) is 11.9 Å². The van der Waals surface area contributed by atoms with E-state index in [0.717, 1.165) is 35.4 Å². The van der Waals surface area contributed by atoms with Crippen LogP contribution >= 0.6 is 0 Å². The molecule has 2 aromatic rings. The molecule has 1 fully saturated rings. The first-order valence-corrected chi connectivity index (χ1v) is 9.63. The molecule has 11 heteroatoms. The number of halogens is 3. The van der Waals surface area contributed by atoms with Gasteiger partial charge >= 0.3 is 12.2 Å². The zero-order chi connectivity index (χ0) is 21.5. The molecule has 0 spiro atoms. The van der Waals surface area contributed by atoms with Crippen molar-refractivity contribution in [3.05, 3.63) is 35.9 Å². The molecule has 0 saturated carbocycles. The molecule has 30 heavy (non-hydrogen) atoms. The number of fused-ring (bicyclic) bond motifs is 2. The number of nitrogens with zero attached hydrogens (tertiary/aromatic N) is 5. The van der Waals surface area contributed by atoms with Crippen molar-refractivity contribution in [2.24, 2.45) is 7.05 Å². The standard InChI is InChI=1S/C19H22F3N7O/c1-11-7-23-17(26-13-8-25-28(2)9-13)27-16(11)12-5-14-3-4-15(6-12)29(14)18(30)24-10-19(20,21)22/h5,7-9,14-15H,3-4,6,10H2,1-2H3,(H,24,30)(H,23,26,27). The van der Waals surface area contributed by atoms with Gasteiger partial charge in [-0.25, -0.2) is 14.8 Å². The van der Waals surface area contributed by atoms with Gasteiger partial charge in [-0.1, -0.05) is 6.08 Å². The third kappa shape index (κ3) is 4.24. The van der Waals surface area contributed by atoms with Crippen LogP contribution in [0.15, 0.2) is 24.7 Å². The molecule has 4 heterocycles. The topological polar surface area (TPSA) is 88.0 Å². The predicted molar refractivity (Wildman–Crippen MR) is 104 cm³/mol. The monoisotopic (exact) mass is 421 g/mol. The molecule has 2 amide bonds. The van der Waals surface area contributed by atoms with Gasteiger partial charge in [-0.15, -0.1) is 0 Å². The van der Waals surface area contributed by atoms with Crippen LogP contribution in [0.3, 0.4) is 0 Å². The summed E-state index contributed by atoms with van der Waals surface area (Å²) in [5.74, 6) is 0.433. The average Bonchev–Trinajstić information content (AvgIpc) is 3.20. The summed E-state index contributed by atoms with van der Waals surface area (Å²) in [5.41, 5.74) is 3.42. The van der Waals surface area contributed by atoms with E-state index in [-0.39, 0.29) is 12.1 Å². The summed E-state index contributed by atoms with van der Waals surface area (Å²) in [6.45, 7) is 0.584. The average molecular weight is 421 g/mol. The van der Waals surface area contributed by atoms with E-state index in [2.05, 4.69) is 20.4 Å². The van der Waals surface area contributed by atoms with E-state index in [1.54, 1.807) is 23.3 Å². The highest BCUT2D eigenvalue weighted by Crippen LogP contribution is 2.39. The van der Waals surface area contributed by atoms with Crippen molar-refractivity contribution in [1.29, 1.82) is 0 Å². The Balaban J connectivity index is 1.53. The molecule has 8 nitrogen and oxygen atoms in total. The fourth-order valence-electron chi connectivity index (χ4n) is 4.03. The van der Waals surface area contributed by atoms with Crippen LogP contribution < -0.4 is 10.6 Å². The van der Waals surface area contributed by atoms with Gasteiger partial charge < -0.3 is 15.5 Å². The lowest BCUT2D eigenvalue weighted by molar-refractivity contribution is -0.123. The van der Waals surface area contributed by atoms with Gasteiger partial charge in [-0.2, -0.15) is 18.3 Å². The molecule has 0 radical (unpaired) electrons. The first-order valence-electron chi connectivity index (χ1n) is 9.63. The smallest absolute Gasteiger partial charge is 0.329 e. The van der Waals surface area contributed by atoms with E-state index in [1.165, 1.54) is 4.90 Å². The highest BCUT2D eigenvalue weighted by Gasteiger charge is 2.41. The molecule has 2 atom stereocenters. The van der Waals surface area contributed by atoms with E-state index in [4.69, 9.17) is 0 Å². The number of aryl methyl sites for hydroxylation is 2. The summed E-state index contributed by atoms with van der Waals surface area (Å²) in [6.07, 6.45) is 4.72. The van der Waals surface area contributed by atoms with E-state index in [9.17, 15) is 18.0 Å². The van der Waals surface area contributed by atoms with Gasteiger partial charge in [0.05, 0.1) is 23.6 Å². The Kier molecular flexibility index (Phi) is 5.12. The maximum Gasteiger partial charge on any atom is 0.405 e. The second kappa shape index (κ2) is 7.62. The lowest BCUT2D eigenvalue weighted by atomic mass is 9.96. The predicted octanol–water partition coefficient (Wildman–Crippen LogP) is 3.15. The number of carbonyl (C=O) groups excluding carboxylic acids is 1. The van der Waals surface area contributed by atoms with Crippen molar-refractivity contribution in [1.82, 2.24) is 30.0 Å². The van der Waals surface area contributed by atoms with Gasteiger partial charge in [0.25, 0.3) is 0 Å². The van der Waals surface area contributed by atoms with Crippen molar-refractivity contribution < 1.29 is 18.0 Å². The highest BCUT2D eigenvalue weighted by atomic mass is 19.4. The van der Waals surface area contributed by atoms with Gasteiger partial charge in [0.15, 0.2) is 0 Å². The lowest BCUT2D eigenvalue weighted by Crippen LogP contribution is -2.50. The Bertz CT molecular complexity index is 985. The molecule has 0 aromatic carbocycles. The van der Waals surface area contributed by atoms with Crippen LogP contribution in [0.1, 0.15) is 30.5 Å². The summed E-state index contributed by atoms with van der Waals surface area (Å²) in [6, 6.07) is -1.06. The molecule has 2 unspecified atom stereocenters. The minimum Gasteiger partial charge on any atom is -0.329 e. The normalized spacial score (nSPS) is 20.8. The molecule has 0 aliphatic carbocycles. The van der Waals surface area contributed by atoms with Crippen LogP contribution in [0.4, 0.5) is 29.6 Å². The van der Waals surface area contributed by atoms with Crippen molar-refractivity contribution in [3.63, 3.8) is 0 Å². The number of anilines is 2. The van der Waals surface area contributed by atoms with Crippen LogP contribution in [0, 0.1) is 6.92 Å². The minimum atomic E-state index is -4.43. The summed E-state index contributed by atoms with van der Waals surface area (Å²) < 4.78 is 39.0. The number of aromatic nitrogens is 4. The molecule has 2 aliphatic rings. The molecule has 2 N–H and O–H groups in total. The highest BCUT2D eigenvalue weighted by molar-refractivity contribution is 5.79. The fraction of sp³-hybridized carbons (Fsp3) is 0.474. The number of hydrogen-bond acceptors (Lipinski definition) is 5. The number of urea groups is 1. The van der Waals surface area contributed by atoms with E-state index in [1.807, 2.05) is 25.4 Å². The number of alkyl halides is 3. The third-order valence-electron chi connectivity index (χ3n) is 5.31. The third-order valence-corrected chi connectivity index (χ3v) is 5.31. The molecule has 4 rings (SSSR count). The number of carbonyl (C=O) groups is 1. The first kappa shape index (κ1) is 20.2. The van der Waals surface area contributed by atoms with E-state index < -0.39 is 18.8 Å². The number of rotatable bonds is 4. The zero-order valence-electron chi connectivity index (χ0n) is 16.6. The minimum absolute atomic E-state index is 0.146. The Morgan fingerprint density at radius 3 is 2.77 bits per heavy atom. The molecule has 2 bridgehead atoms. The van der Waals surface area contributed by atoms with Crippen LogP contribution in [-0.2, 0) is 7.05 Å². The van der Waals surface area contributed by atoms with Crippen LogP contribution in [-0.4, -0.2) is 55.5 Å². The van der Waals surface area contributed by atoms with Gasteiger partial charge in [0.2, 0.25) is 5.95 Å². The van der Waals surface area contributed by atoms with Crippen molar-refractivity contribution >= 4 is 23.2 Å². The summed E-state index contributed by atoms with van der Waals surface area (Å²) in [4.78, 5) is 22.8. The molecular weight excluding hydrogens is 399 g/mol. The Morgan fingerprint density at radius 1 is 1.30 bits per heavy atom. The van der Waals surface area contributed by atoms with Gasteiger partial charge in [-0.05, 0) is 37.3 Å². The Morgan fingerprint density at radius 2 is 2.10 bits per heavy atom. The zero-order valence-corrected chi connectivity index (χ0v) is 16.6. The molecule has 2 aromatic heterocycles. The van der Waals surface area contributed by atoms with Crippen molar-refractivity contribution in [3.8, 4) is 0 Å². The Hall–Kier alpha value is -3.11. The maximum absolute atomic E-state index is 12.4. The SMILES string of the molecule is Cc1cnc(Nc2cnn(C)c2)nc1C1=CC2CCC(C1)N2C(=O)NCC(F)(F)F. The van der Waals surface area contributed by atoms with Gasteiger partial charge in [0.1, 0.15) is 6.54 Å². The molecule has 2 aliphatic heterocycles. The van der Waals surface area contributed by atoms with E-state index in [0.29, 0.717) is 12.4 Å². The van der Waals surface area contributed by atoms with Gasteiger partial charge in [-0.3, -0.25) is 4.68 Å². The number of nitrogens with one attached hydrogen (secondary N) is 2. The lowest BCUT2D eigenvalue weighted by Gasteiger charge is -2.34. The Labute approximate surface area is 171 Å². The summed E-state index contributed by atoms with van der Waals surface area (Å²) >= 11 is 0. The fourth-order valence-corrected chi connectivity index (χ4v) is 4.03. The van der Waals surface area contributed by atoms with Crippen molar-refractivity contribution in [2.45, 2.75) is 44.4 Å². The first-order chi connectivity index (χ1) is 14.2. The van der Waals surface area contributed by atoms with Crippen LogP contribution in [0.5, 0.6) is 0 Å². The maximum atomic E-state index is 12.4. The number of amides is 2. The molecular formula is C19H22F3N7O. The summed E-state index contributed by atoms with van der Waals surface area (Å²) in [7, 11) is 1.81. The second-order valence-corrected chi connectivity index (χ2v) is 7.63.